The molecule has 5 rings (SSSR count). The van der Waals surface area contributed by atoms with Crippen molar-refractivity contribution in [3.8, 4) is 5.75 Å². The number of amides is 2. The second-order valence-corrected chi connectivity index (χ2v) is 10.7. The third kappa shape index (κ3) is 7.13. The van der Waals surface area contributed by atoms with Crippen molar-refractivity contribution in [3.05, 3.63) is 111 Å². The van der Waals surface area contributed by atoms with Crippen LogP contribution in [0.4, 0.5) is 26.3 Å². The summed E-state index contributed by atoms with van der Waals surface area (Å²) < 4.78 is 91.8. The predicted molar refractivity (Wildman–Crippen MR) is 151 cm³/mol. The molecule has 0 unspecified atom stereocenters. The molecule has 2 amide bonds. The molecule has 1 aliphatic heterocycles. The highest BCUT2D eigenvalue weighted by Gasteiger charge is 2.39. The highest BCUT2D eigenvalue weighted by molar-refractivity contribution is 5.95. The average molecular weight is 633 g/mol. The van der Waals surface area contributed by atoms with E-state index in [1.807, 2.05) is 0 Å². The summed E-state index contributed by atoms with van der Waals surface area (Å²) in [4.78, 5) is 40.6. The van der Waals surface area contributed by atoms with E-state index < -0.39 is 58.4 Å². The van der Waals surface area contributed by atoms with Gasteiger partial charge in [0.15, 0.2) is 11.2 Å². The molecule has 4 aromatic rings. The molecule has 3 aromatic carbocycles. The third-order valence-corrected chi connectivity index (χ3v) is 7.62. The minimum atomic E-state index is -5.11. The molecule has 0 saturated carbocycles. The van der Waals surface area contributed by atoms with Gasteiger partial charge in [-0.2, -0.15) is 26.3 Å². The monoisotopic (exact) mass is 632 g/mol. The first kappa shape index (κ1) is 31.6. The van der Waals surface area contributed by atoms with E-state index in [4.69, 9.17) is 9.15 Å². The van der Waals surface area contributed by atoms with Gasteiger partial charge in [0, 0.05) is 30.3 Å². The van der Waals surface area contributed by atoms with Crippen LogP contribution >= 0.6 is 0 Å². The summed E-state index contributed by atoms with van der Waals surface area (Å²) in [7, 11) is 1.44. The SMILES string of the molecule is COc1ccc2oc(C(=O)N[C@H]3CCN(C(=O)c4cc(C(F)(F)F)cc(C(F)(F)F)c4)[C@H](Cc4ccccc4)C3)cc(=O)c2c1. The average Bonchev–Trinajstić information content (AvgIpc) is 3.00. The fourth-order valence-electron chi connectivity index (χ4n) is 5.40. The summed E-state index contributed by atoms with van der Waals surface area (Å²) in [5.74, 6) is -1.51. The second kappa shape index (κ2) is 12.3. The summed E-state index contributed by atoms with van der Waals surface area (Å²) in [5.41, 5.74) is -3.46. The number of benzene rings is 3. The number of ether oxygens (including phenoxy) is 1. The lowest BCUT2D eigenvalue weighted by Crippen LogP contribution is -2.52. The van der Waals surface area contributed by atoms with Gasteiger partial charge >= 0.3 is 12.4 Å². The predicted octanol–water partition coefficient (Wildman–Crippen LogP) is 6.49. The van der Waals surface area contributed by atoms with E-state index in [9.17, 15) is 40.7 Å². The highest BCUT2D eigenvalue weighted by Crippen LogP contribution is 2.37. The van der Waals surface area contributed by atoms with Gasteiger partial charge in [-0.05, 0) is 61.2 Å². The fraction of sp³-hybridized carbons (Fsp3) is 0.281. The number of likely N-dealkylation sites (tertiary alicyclic amines) is 1. The lowest BCUT2D eigenvalue weighted by molar-refractivity contribution is -0.143. The summed E-state index contributed by atoms with van der Waals surface area (Å²) in [6, 6.07) is 14.0. The molecule has 1 fully saturated rings. The van der Waals surface area contributed by atoms with Gasteiger partial charge in [0.25, 0.3) is 11.8 Å². The molecule has 1 saturated heterocycles. The summed E-state index contributed by atoms with van der Waals surface area (Å²) in [5, 5.41) is 3.00. The third-order valence-electron chi connectivity index (χ3n) is 7.62. The van der Waals surface area contributed by atoms with Gasteiger partial charge < -0.3 is 19.4 Å². The molecule has 0 radical (unpaired) electrons. The van der Waals surface area contributed by atoms with Crippen molar-refractivity contribution in [2.24, 2.45) is 0 Å². The van der Waals surface area contributed by atoms with Crippen LogP contribution in [0.3, 0.4) is 0 Å². The maximum absolute atomic E-state index is 13.6. The largest absolute Gasteiger partial charge is 0.497 e. The first-order valence-corrected chi connectivity index (χ1v) is 13.8. The van der Waals surface area contributed by atoms with Crippen LogP contribution in [-0.2, 0) is 18.8 Å². The van der Waals surface area contributed by atoms with Crippen LogP contribution in [0.15, 0.2) is 82.0 Å². The molecule has 2 atom stereocenters. The Bertz CT molecular complexity index is 1750. The molecule has 236 valence electrons. The molecule has 45 heavy (non-hydrogen) atoms. The van der Waals surface area contributed by atoms with E-state index in [0.29, 0.717) is 17.9 Å². The zero-order valence-corrected chi connectivity index (χ0v) is 23.7. The zero-order chi connectivity index (χ0) is 32.5. The van der Waals surface area contributed by atoms with E-state index in [0.717, 1.165) is 11.6 Å². The Morgan fingerprint density at radius 1 is 0.933 bits per heavy atom. The molecular formula is C32H26F6N2O5. The minimum Gasteiger partial charge on any atom is -0.497 e. The molecule has 1 aromatic heterocycles. The number of carbonyl (C=O) groups excluding carboxylic acids is 2. The van der Waals surface area contributed by atoms with E-state index in [2.05, 4.69) is 5.32 Å². The Balaban J connectivity index is 1.41. The first-order chi connectivity index (χ1) is 21.2. The summed E-state index contributed by atoms with van der Waals surface area (Å²) in [6.45, 7) is -0.0691. The van der Waals surface area contributed by atoms with Crippen LogP contribution in [0.5, 0.6) is 5.75 Å². The number of nitrogens with one attached hydrogen (secondary N) is 1. The van der Waals surface area contributed by atoms with Crippen molar-refractivity contribution >= 4 is 22.8 Å². The van der Waals surface area contributed by atoms with E-state index in [1.165, 1.54) is 24.1 Å². The molecule has 1 N–H and O–H groups in total. The zero-order valence-electron chi connectivity index (χ0n) is 23.7. The van der Waals surface area contributed by atoms with Gasteiger partial charge in [-0.15, -0.1) is 0 Å². The number of piperidine rings is 1. The van der Waals surface area contributed by atoms with Gasteiger partial charge in [0.05, 0.1) is 23.6 Å². The number of alkyl halides is 6. The van der Waals surface area contributed by atoms with E-state index in [-0.39, 0.29) is 48.6 Å². The molecule has 1 aliphatic rings. The smallest absolute Gasteiger partial charge is 0.416 e. The quantitative estimate of drug-likeness (QED) is 0.246. The number of rotatable bonds is 6. The Morgan fingerprint density at radius 3 is 2.22 bits per heavy atom. The van der Waals surface area contributed by atoms with Gasteiger partial charge in [-0.3, -0.25) is 14.4 Å². The lowest BCUT2D eigenvalue weighted by atomic mass is 9.91. The van der Waals surface area contributed by atoms with Crippen LogP contribution in [0.1, 0.15) is 50.4 Å². The summed E-state index contributed by atoms with van der Waals surface area (Å²) in [6.07, 6.45) is -9.73. The van der Waals surface area contributed by atoms with Crippen molar-refractivity contribution in [2.75, 3.05) is 13.7 Å². The van der Waals surface area contributed by atoms with Crippen LogP contribution in [0.2, 0.25) is 0 Å². The van der Waals surface area contributed by atoms with Gasteiger partial charge in [0.1, 0.15) is 11.3 Å². The van der Waals surface area contributed by atoms with Crippen molar-refractivity contribution in [1.82, 2.24) is 10.2 Å². The maximum Gasteiger partial charge on any atom is 0.416 e. The van der Waals surface area contributed by atoms with Gasteiger partial charge in [-0.25, -0.2) is 0 Å². The minimum absolute atomic E-state index is 0.0261. The number of methoxy groups -OCH3 is 1. The van der Waals surface area contributed by atoms with Crippen molar-refractivity contribution in [3.63, 3.8) is 0 Å². The standard InChI is InChI=1S/C32H26F6N2O5/c1-44-24-7-8-27-25(16-24)26(41)17-28(45-27)29(42)39-22-9-10-40(23(15-22)11-18-5-3-2-4-6-18)30(43)19-12-20(31(33,34)35)14-21(13-19)32(36,37)38/h2-8,12-14,16-17,22-23H,9-11,15H2,1H3,(H,39,42)/t22-,23+/m0/s1. The Morgan fingerprint density at radius 2 is 1.60 bits per heavy atom. The van der Waals surface area contributed by atoms with E-state index in [1.54, 1.807) is 36.4 Å². The number of hydrogen-bond acceptors (Lipinski definition) is 5. The normalized spacial score (nSPS) is 17.3. The van der Waals surface area contributed by atoms with Crippen molar-refractivity contribution in [2.45, 2.75) is 43.7 Å². The fourth-order valence-corrected chi connectivity index (χ4v) is 5.40. The number of carbonyl (C=O) groups is 2. The Hall–Kier alpha value is -4.81. The number of hydrogen-bond donors (Lipinski definition) is 1. The van der Waals surface area contributed by atoms with Crippen LogP contribution in [-0.4, -0.2) is 42.5 Å². The van der Waals surface area contributed by atoms with Crippen molar-refractivity contribution in [1.29, 1.82) is 0 Å². The Labute approximate surface area is 252 Å². The lowest BCUT2D eigenvalue weighted by Gasteiger charge is -2.40. The maximum atomic E-state index is 13.6. The number of fused-ring (bicyclic) bond motifs is 1. The molecule has 0 bridgehead atoms. The van der Waals surface area contributed by atoms with Crippen molar-refractivity contribution < 1.29 is 45.1 Å². The second-order valence-electron chi connectivity index (χ2n) is 10.7. The highest BCUT2D eigenvalue weighted by atomic mass is 19.4. The molecule has 7 nitrogen and oxygen atoms in total. The molecule has 0 spiro atoms. The number of halogens is 6. The van der Waals surface area contributed by atoms with E-state index >= 15 is 0 Å². The topological polar surface area (TPSA) is 88.8 Å². The molecule has 13 heteroatoms. The van der Waals surface area contributed by atoms with Crippen LogP contribution in [0.25, 0.3) is 11.0 Å². The Kier molecular flexibility index (Phi) is 8.63. The first-order valence-electron chi connectivity index (χ1n) is 13.8. The number of nitrogens with zero attached hydrogens (tertiary/aromatic N) is 1. The molecule has 0 aliphatic carbocycles. The van der Waals surface area contributed by atoms with Gasteiger partial charge in [-0.1, -0.05) is 30.3 Å². The molecular weight excluding hydrogens is 606 g/mol. The van der Waals surface area contributed by atoms with Crippen LogP contribution < -0.4 is 15.5 Å². The van der Waals surface area contributed by atoms with Gasteiger partial charge in [0.2, 0.25) is 0 Å². The summed E-state index contributed by atoms with van der Waals surface area (Å²) >= 11 is 0. The molecule has 2 heterocycles. The van der Waals surface area contributed by atoms with Crippen LogP contribution in [0, 0.1) is 0 Å².